The average Bonchev–Trinajstić information content (AvgIpc) is 2.33. The molecule has 0 amide bonds. The first-order valence-electron chi connectivity index (χ1n) is 3.65. The molecular weight excluding hydrogens is 186 g/mol. The van der Waals surface area contributed by atoms with Crippen molar-refractivity contribution in [2.45, 2.75) is 11.8 Å². The average molecular weight is 195 g/mol. The number of benzene rings is 1. The standard InChI is InChI=1S/C9H9NS2/c1-5-4-12-9-7(5)2-6(10)3-8(9)11/h2-4,11H,10H2,1H3. The Bertz CT molecular complexity index is 431. The minimum absolute atomic E-state index is 0.786. The molecule has 0 spiro atoms. The second-order valence-electron chi connectivity index (χ2n) is 2.84. The molecule has 2 N–H and O–H groups in total. The third-order valence-electron chi connectivity index (χ3n) is 1.87. The molecule has 0 aliphatic heterocycles. The molecule has 1 aromatic heterocycles. The van der Waals surface area contributed by atoms with Crippen LogP contribution < -0.4 is 5.73 Å². The van der Waals surface area contributed by atoms with Crippen molar-refractivity contribution in [2.75, 3.05) is 5.73 Å². The van der Waals surface area contributed by atoms with E-state index in [2.05, 4.69) is 24.9 Å². The maximum atomic E-state index is 5.71. The first-order chi connectivity index (χ1) is 5.68. The molecule has 2 rings (SSSR count). The summed E-state index contributed by atoms with van der Waals surface area (Å²) in [5.74, 6) is 0. The third kappa shape index (κ3) is 1.09. The smallest absolute Gasteiger partial charge is 0.0480 e. The van der Waals surface area contributed by atoms with Gasteiger partial charge in [0.25, 0.3) is 0 Å². The number of nitrogens with two attached hydrogens (primary N) is 1. The Balaban J connectivity index is 2.92. The topological polar surface area (TPSA) is 26.0 Å². The van der Waals surface area contributed by atoms with E-state index in [1.54, 1.807) is 11.3 Å². The van der Waals surface area contributed by atoms with Crippen LogP contribution in [-0.4, -0.2) is 0 Å². The zero-order chi connectivity index (χ0) is 8.72. The van der Waals surface area contributed by atoms with E-state index in [4.69, 9.17) is 5.73 Å². The van der Waals surface area contributed by atoms with Gasteiger partial charge in [0.05, 0.1) is 0 Å². The number of hydrogen-bond acceptors (Lipinski definition) is 3. The molecule has 0 aliphatic carbocycles. The van der Waals surface area contributed by atoms with Crippen molar-refractivity contribution in [1.82, 2.24) is 0 Å². The van der Waals surface area contributed by atoms with Crippen molar-refractivity contribution in [3.05, 3.63) is 23.1 Å². The molecule has 0 fully saturated rings. The number of thiophene rings is 1. The van der Waals surface area contributed by atoms with Gasteiger partial charge in [0.15, 0.2) is 0 Å². The summed E-state index contributed by atoms with van der Waals surface area (Å²) in [6, 6.07) is 3.89. The zero-order valence-corrected chi connectivity index (χ0v) is 8.38. The van der Waals surface area contributed by atoms with Crippen LogP contribution in [0, 0.1) is 6.92 Å². The summed E-state index contributed by atoms with van der Waals surface area (Å²) in [7, 11) is 0. The zero-order valence-electron chi connectivity index (χ0n) is 6.66. The van der Waals surface area contributed by atoms with Crippen LogP contribution in [0.2, 0.25) is 0 Å². The maximum Gasteiger partial charge on any atom is 0.0480 e. The summed E-state index contributed by atoms with van der Waals surface area (Å²) in [6.07, 6.45) is 0. The van der Waals surface area contributed by atoms with Gasteiger partial charge < -0.3 is 5.73 Å². The van der Waals surface area contributed by atoms with E-state index in [9.17, 15) is 0 Å². The number of fused-ring (bicyclic) bond motifs is 1. The van der Waals surface area contributed by atoms with E-state index in [-0.39, 0.29) is 0 Å². The van der Waals surface area contributed by atoms with Crippen LogP contribution >= 0.6 is 24.0 Å². The molecule has 1 heterocycles. The van der Waals surface area contributed by atoms with Crippen LogP contribution in [0.25, 0.3) is 10.1 Å². The van der Waals surface area contributed by atoms with Crippen molar-refractivity contribution in [2.24, 2.45) is 0 Å². The number of aryl methyl sites for hydroxylation is 1. The lowest BCUT2D eigenvalue weighted by Crippen LogP contribution is -1.83. The van der Waals surface area contributed by atoms with Gasteiger partial charge in [0.2, 0.25) is 0 Å². The first kappa shape index (κ1) is 7.95. The lowest BCUT2D eigenvalue weighted by molar-refractivity contribution is 1.55. The SMILES string of the molecule is Cc1csc2c(S)cc(N)cc12. The lowest BCUT2D eigenvalue weighted by atomic mass is 10.2. The van der Waals surface area contributed by atoms with Crippen LogP contribution in [0.3, 0.4) is 0 Å². The number of thiol groups is 1. The largest absolute Gasteiger partial charge is 0.399 e. The summed E-state index contributed by atoms with van der Waals surface area (Å²) in [5, 5.41) is 3.36. The van der Waals surface area contributed by atoms with Gasteiger partial charge in [0, 0.05) is 15.3 Å². The molecule has 0 radical (unpaired) electrons. The van der Waals surface area contributed by atoms with Crippen molar-refractivity contribution in [3.63, 3.8) is 0 Å². The fraction of sp³-hybridized carbons (Fsp3) is 0.111. The van der Waals surface area contributed by atoms with E-state index in [1.165, 1.54) is 15.6 Å². The fourth-order valence-electron chi connectivity index (χ4n) is 1.26. The Morgan fingerprint density at radius 3 is 2.92 bits per heavy atom. The molecule has 0 unspecified atom stereocenters. The van der Waals surface area contributed by atoms with Gasteiger partial charge in [-0.15, -0.1) is 24.0 Å². The maximum absolute atomic E-state index is 5.71. The molecule has 2 aromatic rings. The molecule has 1 nitrogen and oxygen atoms in total. The fourth-order valence-corrected chi connectivity index (χ4v) is 2.64. The molecule has 0 saturated heterocycles. The number of nitrogen functional groups attached to an aromatic ring is 1. The van der Waals surface area contributed by atoms with Crippen molar-refractivity contribution >= 4 is 39.7 Å². The van der Waals surface area contributed by atoms with E-state index in [1.807, 2.05) is 12.1 Å². The Kier molecular flexibility index (Phi) is 1.77. The van der Waals surface area contributed by atoms with Gasteiger partial charge in [-0.1, -0.05) is 0 Å². The molecule has 1 aromatic carbocycles. The predicted molar refractivity (Wildman–Crippen MR) is 58.2 cm³/mol. The minimum atomic E-state index is 0.786. The second-order valence-corrected chi connectivity index (χ2v) is 4.20. The number of anilines is 1. The molecule has 12 heavy (non-hydrogen) atoms. The molecule has 0 aliphatic rings. The van der Waals surface area contributed by atoms with E-state index >= 15 is 0 Å². The lowest BCUT2D eigenvalue weighted by Gasteiger charge is -1.98. The van der Waals surface area contributed by atoms with Crippen LogP contribution in [0.1, 0.15) is 5.56 Å². The minimum Gasteiger partial charge on any atom is -0.399 e. The van der Waals surface area contributed by atoms with E-state index in [0.717, 1.165) is 10.6 Å². The summed E-state index contributed by atoms with van der Waals surface area (Å²) in [5.41, 5.74) is 7.77. The Morgan fingerprint density at radius 1 is 1.42 bits per heavy atom. The molecule has 0 saturated carbocycles. The molecule has 0 bridgehead atoms. The van der Waals surface area contributed by atoms with Gasteiger partial charge in [-0.05, 0) is 35.4 Å². The Hall–Kier alpha value is -0.670. The second kappa shape index (κ2) is 2.68. The van der Waals surface area contributed by atoms with Gasteiger partial charge in [-0.2, -0.15) is 0 Å². The highest BCUT2D eigenvalue weighted by atomic mass is 32.1. The van der Waals surface area contributed by atoms with Crippen molar-refractivity contribution in [3.8, 4) is 0 Å². The summed E-state index contributed by atoms with van der Waals surface area (Å²) < 4.78 is 1.23. The molecule has 0 atom stereocenters. The summed E-state index contributed by atoms with van der Waals surface area (Å²) in [4.78, 5) is 0.975. The quantitative estimate of drug-likeness (QED) is 0.490. The monoisotopic (exact) mass is 195 g/mol. The predicted octanol–water partition coefficient (Wildman–Crippen LogP) is 3.08. The highest BCUT2D eigenvalue weighted by Gasteiger charge is 2.03. The van der Waals surface area contributed by atoms with Gasteiger partial charge >= 0.3 is 0 Å². The normalized spacial score (nSPS) is 10.8. The van der Waals surface area contributed by atoms with Crippen molar-refractivity contribution in [1.29, 1.82) is 0 Å². The van der Waals surface area contributed by atoms with Crippen molar-refractivity contribution < 1.29 is 0 Å². The Labute approximate surface area is 80.6 Å². The first-order valence-corrected chi connectivity index (χ1v) is 4.97. The third-order valence-corrected chi connectivity index (χ3v) is 3.52. The number of hydrogen-bond donors (Lipinski definition) is 2. The van der Waals surface area contributed by atoms with Crippen LogP contribution in [0.5, 0.6) is 0 Å². The Morgan fingerprint density at radius 2 is 2.17 bits per heavy atom. The highest BCUT2D eigenvalue weighted by Crippen LogP contribution is 2.32. The summed E-state index contributed by atoms with van der Waals surface area (Å²) >= 11 is 6.08. The van der Waals surface area contributed by atoms with Crippen LogP contribution in [-0.2, 0) is 0 Å². The van der Waals surface area contributed by atoms with Gasteiger partial charge in [0.1, 0.15) is 0 Å². The molecule has 62 valence electrons. The summed E-state index contributed by atoms with van der Waals surface area (Å²) in [6.45, 7) is 2.09. The van der Waals surface area contributed by atoms with Crippen LogP contribution in [0.4, 0.5) is 5.69 Å². The van der Waals surface area contributed by atoms with Crippen LogP contribution in [0.15, 0.2) is 22.4 Å². The molecular formula is C9H9NS2. The molecule has 3 heteroatoms. The van der Waals surface area contributed by atoms with Gasteiger partial charge in [-0.25, -0.2) is 0 Å². The van der Waals surface area contributed by atoms with Gasteiger partial charge in [-0.3, -0.25) is 0 Å². The van der Waals surface area contributed by atoms with E-state index < -0.39 is 0 Å². The number of rotatable bonds is 0. The van der Waals surface area contributed by atoms with E-state index in [0.29, 0.717) is 0 Å². The highest BCUT2D eigenvalue weighted by molar-refractivity contribution is 7.80.